The highest BCUT2D eigenvalue weighted by atomic mass is 35.5. The molecule has 5 rings (SSSR count). The van der Waals surface area contributed by atoms with Gasteiger partial charge < -0.3 is 4.90 Å². The molecule has 0 atom stereocenters. The van der Waals surface area contributed by atoms with E-state index < -0.39 is 11.1 Å². The van der Waals surface area contributed by atoms with Gasteiger partial charge in [-0.2, -0.15) is 4.52 Å². The molecule has 0 saturated carbocycles. The predicted octanol–water partition coefficient (Wildman–Crippen LogP) is 1.39. The molecule has 4 aromatic rings. The summed E-state index contributed by atoms with van der Waals surface area (Å²) in [5.41, 5.74) is -0.689. The van der Waals surface area contributed by atoms with Gasteiger partial charge in [0.2, 0.25) is 5.78 Å². The van der Waals surface area contributed by atoms with Gasteiger partial charge in [-0.15, -0.1) is 11.3 Å². The minimum Gasteiger partial charge on any atom is -0.301 e. The molecule has 0 saturated heterocycles. The number of hydrogen-bond donors (Lipinski definition) is 1. The van der Waals surface area contributed by atoms with Gasteiger partial charge in [0, 0.05) is 23.0 Å². The molecule has 0 bridgehead atoms. The summed E-state index contributed by atoms with van der Waals surface area (Å²) in [5, 5.41) is 3.38. The second kappa shape index (κ2) is 6.13. The average Bonchev–Trinajstić information content (AvgIpc) is 3.02. The maximum absolute atomic E-state index is 13.2. The zero-order valence-electron chi connectivity index (χ0n) is 14.7. The number of likely N-dealkylation sites (N-methyl/N-ethyl adjacent to an activating group) is 1. The molecule has 8 nitrogen and oxygen atoms in total. The fourth-order valence-electron chi connectivity index (χ4n) is 3.57. The SMILES string of the molecule is CN1CCc2c(sc3nc4n(-c5ccc(Cl)cc5)c(=O)c(=O)[nH]n4c(=O)c23)C1. The summed E-state index contributed by atoms with van der Waals surface area (Å²) >= 11 is 7.39. The van der Waals surface area contributed by atoms with Crippen molar-refractivity contribution < 1.29 is 0 Å². The summed E-state index contributed by atoms with van der Waals surface area (Å²) in [6, 6.07) is 6.43. The van der Waals surface area contributed by atoms with Gasteiger partial charge >= 0.3 is 11.1 Å². The van der Waals surface area contributed by atoms with Crippen LogP contribution in [0.2, 0.25) is 5.02 Å². The fourth-order valence-corrected chi connectivity index (χ4v) is 4.99. The Balaban J connectivity index is 1.92. The monoisotopic (exact) mass is 415 g/mol. The largest absolute Gasteiger partial charge is 0.329 e. The smallest absolute Gasteiger partial charge is 0.301 e. The van der Waals surface area contributed by atoms with Gasteiger partial charge in [-0.3, -0.25) is 14.4 Å². The Hall–Kier alpha value is -2.75. The lowest BCUT2D eigenvalue weighted by atomic mass is 10.1. The Morgan fingerprint density at radius 2 is 1.89 bits per heavy atom. The third-order valence-electron chi connectivity index (χ3n) is 4.94. The van der Waals surface area contributed by atoms with E-state index in [1.165, 1.54) is 11.3 Å². The molecular formula is C18H14ClN5O3S. The number of rotatable bonds is 1. The molecule has 28 heavy (non-hydrogen) atoms. The van der Waals surface area contributed by atoms with Crippen molar-refractivity contribution in [3.63, 3.8) is 0 Å². The molecule has 1 N–H and O–H groups in total. The van der Waals surface area contributed by atoms with Gasteiger partial charge in [0.05, 0.1) is 11.1 Å². The summed E-state index contributed by atoms with van der Waals surface area (Å²) in [5.74, 6) is 0.0661. The number of fused-ring (bicyclic) bond motifs is 4. The minimum absolute atomic E-state index is 0.0661. The molecule has 0 fully saturated rings. The van der Waals surface area contributed by atoms with Crippen molar-refractivity contribution in [3.05, 3.63) is 70.8 Å². The number of nitrogens with zero attached hydrogens (tertiary/aromatic N) is 4. The lowest BCUT2D eigenvalue weighted by Gasteiger charge is -2.21. The summed E-state index contributed by atoms with van der Waals surface area (Å²) < 4.78 is 2.20. The molecule has 1 aromatic carbocycles. The lowest BCUT2D eigenvalue weighted by Crippen LogP contribution is -2.41. The van der Waals surface area contributed by atoms with Crippen molar-refractivity contribution in [1.82, 2.24) is 24.1 Å². The Morgan fingerprint density at radius 1 is 1.14 bits per heavy atom. The van der Waals surface area contributed by atoms with E-state index in [1.807, 2.05) is 7.05 Å². The number of aromatic amines is 1. The topological polar surface area (TPSA) is 92.5 Å². The molecule has 3 aromatic heterocycles. The number of nitrogens with one attached hydrogen (secondary N) is 1. The fraction of sp³-hybridized carbons (Fsp3) is 0.222. The molecule has 1 aliphatic rings. The maximum Gasteiger partial charge on any atom is 0.329 e. The van der Waals surface area contributed by atoms with Crippen LogP contribution in [-0.4, -0.2) is 37.7 Å². The summed E-state index contributed by atoms with van der Waals surface area (Å²) in [6.07, 6.45) is 0.746. The van der Waals surface area contributed by atoms with Crippen LogP contribution in [0, 0.1) is 0 Å². The first-order chi connectivity index (χ1) is 13.4. The van der Waals surface area contributed by atoms with Gasteiger partial charge in [0.1, 0.15) is 4.83 Å². The van der Waals surface area contributed by atoms with Crippen molar-refractivity contribution in [2.45, 2.75) is 13.0 Å². The Labute approximate surface area is 166 Å². The van der Waals surface area contributed by atoms with E-state index in [9.17, 15) is 14.4 Å². The standard InChI is InChI=1S/C18H14ClN5O3S/c1-22-7-6-11-12(8-22)28-15-13(11)16(26)24-18(20-15)23(17(27)14(25)21-24)10-4-2-9(19)3-5-10/h2-5H,6-8H2,1H3,(H,21,25). The molecule has 0 radical (unpaired) electrons. The maximum atomic E-state index is 13.2. The van der Waals surface area contributed by atoms with Crippen LogP contribution in [0.4, 0.5) is 0 Å². The second-order valence-electron chi connectivity index (χ2n) is 6.78. The Bertz CT molecular complexity index is 1430. The molecule has 1 aliphatic heterocycles. The number of thiophene rings is 1. The van der Waals surface area contributed by atoms with Gasteiger partial charge in [0.15, 0.2) is 0 Å². The van der Waals surface area contributed by atoms with Crippen molar-refractivity contribution in [3.8, 4) is 5.69 Å². The van der Waals surface area contributed by atoms with Gasteiger partial charge in [-0.1, -0.05) is 11.6 Å². The number of H-pyrrole nitrogens is 1. The van der Waals surface area contributed by atoms with Gasteiger partial charge in [0.25, 0.3) is 5.56 Å². The number of aromatic nitrogens is 4. The van der Waals surface area contributed by atoms with E-state index in [2.05, 4.69) is 15.0 Å². The number of benzene rings is 1. The lowest BCUT2D eigenvalue weighted by molar-refractivity contribution is 0.318. The van der Waals surface area contributed by atoms with Crippen LogP contribution >= 0.6 is 22.9 Å². The van der Waals surface area contributed by atoms with E-state index in [1.54, 1.807) is 24.3 Å². The average molecular weight is 416 g/mol. The third-order valence-corrected chi connectivity index (χ3v) is 6.31. The van der Waals surface area contributed by atoms with Crippen LogP contribution in [0.5, 0.6) is 0 Å². The molecule has 10 heteroatoms. The molecular weight excluding hydrogens is 402 g/mol. The molecule has 0 spiro atoms. The first-order valence-electron chi connectivity index (χ1n) is 8.61. The zero-order chi connectivity index (χ0) is 19.6. The van der Waals surface area contributed by atoms with Gasteiger partial charge in [-0.05, 0) is 43.3 Å². The molecule has 4 heterocycles. The summed E-state index contributed by atoms with van der Waals surface area (Å²) in [7, 11) is 2.03. The normalized spacial score (nSPS) is 14.6. The van der Waals surface area contributed by atoms with Crippen molar-refractivity contribution in [2.75, 3.05) is 13.6 Å². The van der Waals surface area contributed by atoms with Crippen LogP contribution in [0.3, 0.4) is 0 Å². The first-order valence-corrected chi connectivity index (χ1v) is 9.80. The summed E-state index contributed by atoms with van der Waals surface area (Å²) in [6.45, 7) is 1.60. The van der Waals surface area contributed by atoms with Crippen LogP contribution < -0.4 is 16.7 Å². The van der Waals surface area contributed by atoms with E-state index >= 15 is 0 Å². The van der Waals surface area contributed by atoms with Crippen molar-refractivity contribution >= 4 is 38.9 Å². The van der Waals surface area contributed by atoms with E-state index in [-0.39, 0.29) is 11.3 Å². The highest BCUT2D eigenvalue weighted by molar-refractivity contribution is 7.18. The number of halogens is 1. The van der Waals surface area contributed by atoms with Crippen LogP contribution in [0.15, 0.2) is 38.6 Å². The molecule has 142 valence electrons. The molecule has 0 unspecified atom stereocenters. The zero-order valence-corrected chi connectivity index (χ0v) is 16.3. The highest BCUT2D eigenvalue weighted by Crippen LogP contribution is 2.32. The minimum atomic E-state index is -0.894. The van der Waals surface area contributed by atoms with Crippen molar-refractivity contribution in [2.24, 2.45) is 0 Å². The first kappa shape index (κ1) is 17.4. The van der Waals surface area contributed by atoms with E-state index in [0.717, 1.165) is 39.0 Å². The number of hydrogen-bond acceptors (Lipinski definition) is 6. The predicted molar refractivity (Wildman–Crippen MR) is 108 cm³/mol. The highest BCUT2D eigenvalue weighted by Gasteiger charge is 2.24. The second-order valence-corrected chi connectivity index (χ2v) is 8.30. The van der Waals surface area contributed by atoms with E-state index in [0.29, 0.717) is 20.9 Å². The summed E-state index contributed by atoms with van der Waals surface area (Å²) in [4.78, 5) is 46.5. The Morgan fingerprint density at radius 3 is 2.64 bits per heavy atom. The van der Waals surface area contributed by atoms with Gasteiger partial charge in [-0.25, -0.2) is 14.6 Å². The van der Waals surface area contributed by atoms with Crippen LogP contribution in [0.25, 0.3) is 21.7 Å². The quantitative estimate of drug-likeness (QED) is 0.474. The van der Waals surface area contributed by atoms with Crippen LogP contribution in [-0.2, 0) is 13.0 Å². The van der Waals surface area contributed by atoms with E-state index in [4.69, 9.17) is 11.6 Å². The molecule has 0 aliphatic carbocycles. The molecule has 0 amide bonds. The Kier molecular flexibility index (Phi) is 3.80. The van der Waals surface area contributed by atoms with Crippen LogP contribution in [0.1, 0.15) is 10.4 Å². The van der Waals surface area contributed by atoms with Crippen molar-refractivity contribution in [1.29, 1.82) is 0 Å². The third kappa shape index (κ3) is 2.47.